The summed E-state index contributed by atoms with van der Waals surface area (Å²) < 4.78 is 0. The van der Waals surface area contributed by atoms with Crippen LogP contribution in [-0.4, -0.2) is 21.9 Å². The van der Waals surface area contributed by atoms with Gasteiger partial charge in [0.15, 0.2) is 0 Å². The summed E-state index contributed by atoms with van der Waals surface area (Å²) in [5, 5.41) is 6.15. The molecule has 20 heavy (non-hydrogen) atoms. The molecule has 0 unspecified atom stereocenters. The minimum atomic E-state index is -0.0410. The number of amides is 1. The fourth-order valence-corrected chi connectivity index (χ4v) is 1.82. The Morgan fingerprint density at radius 2 is 2.00 bits per heavy atom. The van der Waals surface area contributed by atoms with Crippen molar-refractivity contribution in [1.29, 1.82) is 0 Å². The maximum Gasteiger partial charge on any atom is 0.253 e. The average molecular weight is 268 g/mol. The largest absolute Gasteiger partial charge is 0.366 e. The van der Waals surface area contributed by atoms with Crippen LogP contribution >= 0.6 is 0 Å². The Bertz CT molecular complexity index is 579. The van der Waals surface area contributed by atoms with Crippen molar-refractivity contribution in [3.63, 3.8) is 0 Å². The predicted molar refractivity (Wildman–Crippen MR) is 76.3 cm³/mol. The molecule has 0 aromatic carbocycles. The second kappa shape index (κ2) is 5.69. The fraction of sp³-hybridized carbons (Fsp3) is 0.267. The Morgan fingerprint density at radius 1 is 1.20 bits per heavy atom. The first-order chi connectivity index (χ1) is 9.81. The second-order valence-corrected chi connectivity index (χ2v) is 4.89. The van der Waals surface area contributed by atoms with Crippen molar-refractivity contribution in [2.45, 2.75) is 25.4 Å². The molecule has 2 heterocycles. The van der Waals surface area contributed by atoms with Crippen LogP contribution in [0.5, 0.6) is 0 Å². The summed E-state index contributed by atoms with van der Waals surface area (Å²) >= 11 is 0. The van der Waals surface area contributed by atoms with Crippen LogP contribution in [0.15, 0.2) is 42.9 Å². The predicted octanol–water partition coefficient (Wildman–Crippen LogP) is 1.98. The van der Waals surface area contributed by atoms with E-state index in [1.165, 1.54) is 0 Å². The monoisotopic (exact) mass is 268 g/mol. The van der Waals surface area contributed by atoms with Crippen molar-refractivity contribution in [1.82, 2.24) is 15.3 Å². The van der Waals surface area contributed by atoms with Gasteiger partial charge in [-0.3, -0.25) is 9.78 Å². The smallest absolute Gasteiger partial charge is 0.253 e. The van der Waals surface area contributed by atoms with Crippen LogP contribution in [0.1, 0.15) is 28.8 Å². The molecule has 102 valence electrons. The molecule has 1 saturated carbocycles. The average Bonchev–Trinajstić information content (AvgIpc) is 3.31. The van der Waals surface area contributed by atoms with Gasteiger partial charge in [-0.25, -0.2) is 4.98 Å². The van der Waals surface area contributed by atoms with E-state index in [0.717, 1.165) is 24.2 Å². The highest BCUT2D eigenvalue weighted by Crippen LogP contribution is 2.19. The van der Waals surface area contributed by atoms with Gasteiger partial charge in [-0.15, -0.1) is 0 Å². The van der Waals surface area contributed by atoms with Gasteiger partial charge in [0, 0.05) is 31.2 Å². The summed E-state index contributed by atoms with van der Waals surface area (Å²) in [5.41, 5.74) is 1.74. The van der Waals surface area contributed by atoms with Gasteiger partial charge in [0.2, 0.25) is 0 Å². The molecule has 2 aromatic rings. The molecule has 0 atom stereocenters. The Balaban J connectivity index is 1.56. The Hall–Kier alpha value is -2.43. The lowest BCUT2D eigenvalue weighted by atomic mass is 10.2. The van der Waals surface area contributed by atoms with Crippen molar-refractivity contribution in [3.05, 3.63) is 54.0 Å². The van der Waals surface area contributed by atoms with E-state index in [-0.39, 0.29) is 5.91 Å². The van der Waals surface area contributed by atoms with Crippen LogP contribution < -0.4 is 10.6 Å². The highest BCUT2D eigenvalue weighted by atomic mass is 16.1. The van der Waals surface area contributed by atoms with E-state index in [9.17, 15) is 4.79 Å². The molecule has 0 saturated heterocycles. The lowest BCUT2D eigenvalue weighted by Gasteiger charge is -2.07. The number of hydrogen-bond donors (Lipinski definition) is 2. The molecule has 1 fully saturated rings. The molecular formula is C15H16N4O. The van der Waals surface area contributed by atoms with Crippen LogP contribution in [-0.2, 0) is 6.54 Å². The van der Waals surface area contributed by atoms with Gasteiger partial charge in [0.1, 0.15) is 5.82 Å². The van der Waals surface area contributed by atoms with E-state index in [1.54, 1.807) is 24.7 Å². The van der Waals surface area contributed by atoms with Crippen LogP contribution in [0.4, 0.5) is 5.82 Å². The van der Waals surface area contributed by atoms with Gasteiger partial charge < -0.3 is 10.6 Å². The van der Waals surface area contributed by atoms with Gasteiger partial charge in [0.25, 0.3) is 5.91 Å². The Labute approximate surface area is 117 Å². The molecule has 0 spiro atoms. The molecule has 0 aliphatic heterocycles. The topological polar surface area (TPSA) is 66.9 Å². The lowest BCUT2D eigenvalue weighted by molar-refractivity contribution is 0.0951. The molecule has 5 nitrogen and oxygen atoms in total. The zero-order chi connectivity index (χ0) is 13.8. The highest BCUT2D eigenvalue weighted by Gasteiger charge is 2.23. The van der Waals surface area contributed by atoms with Crippen molar-refractivity contribution in [3.8, 4) is 0 Å². The van der Waals surface area contributed by atoms with Crippen molar-refractivity contribution < 1.29 is 4.79 Å². The Morgan fingerprint density at radius 3 is 2.65 bits per heavy atom. The first kappa shape index (κ1) is 12.6. The maximum absolute atomic E-state index is 11.8. The molecule has 0 radical (unpaired) electrons. The highest BCUT2D eigenvalue weighted by molar-refractivity contribution is 5.94. The normalized spacial score (nSPS) is 13.8. The lowest BCUT2D eigenvalue weighted by Crippen LogP contribution is -2.25. The summed E-state index contributed by atoms with van der Waals surface area (Å²) in [6, 6.07) is 7.88. The molecule has 1 aliphatic carbocycles. The fourth-order valence-electron chi connectivity index (χ4n) is 1.82. The number of aromatic nitrogens is 2. The number of carbonyl (C=O) groups is 1. The van der Waals surface area contributed by atoms with Crippen molar-refractivity contribution >= 4 is 11.7 Å². The van der Waals surface area contributed by atoms with E-state index in [2.05, 4.69) is 20.6 Å². The van der Waals surface area contributed by atoms with Crippen LogP contribution in [0, 0.1) is 0 Å². The van der Waals surface area contributed by atoms with E-state index < -0.39 is 0 Å². The molecule has 1 amide bonds. The number of rotatable bonds is 5. The number of nitrogens with zero attached hydrogens (tertiary/aromatic N) is 2. The molecule has 5 heteroatoms. The zero-order valence-electron chi connectivity index (χ0n) is 11.0. The summed E-state index contributed by atoms with van der Waals surface area (Å²) in [5.74, 6) is 0.713. The van der Waals surface area contributed by atoms with E-state index >= 15 is 0 Å². The third kappa shape index (κ3) is 3.32. The quantitative estimate of drug-likeness (QED) is 0.870. The second-order valence-electron chi connectivity index (χ2n) is 4.89. The van der Waals surface area contributed by atoms with Crippen LogP contribution in [0.3, 0.4) is 0 Å². The van der Waals surface area contributed by atoms with Crippen LogP contribution in [0.2, 0.25) is 0 Å². The standard InChI is InChI=1S/C15H16N4O/c20-15(19-13-2-3-13)12-1-4-14(18-10-12)17-9-11-5-7-16-8-6-11/h1,4-8,10,13H,2-3,9H2,(H,17,18)(H,19,20). The Kier molecular flexibility index (Phi) is 3.58. The van der Waals surface area contributed by atoms with Gasteiger partial charge in [-0.05, 0) is 42.7 Å². The van der Waals surface area contributed by atoms with Crippen LogP contribution in [0.25, 0.3) is 0 Å². The minimum absolute atomic E-state index is 0.0410. The third-order valence-electron chi connectivity index (χ3n) is 3.16. The van der Waals surface area contributed by atoms with Crippen molar-refractivity contribution in [2.75, 3.05) is 5.32 Å². The SMILES string of the molecule is O=C(NC1CC1)c1ccc(NCc2ccncc2)nc1. The zero-order valence-corrected chi connectivity index (χ0v) is 11.0. The number of pyridine rings is 2. The third-order valence-corrected chi connectivity index (χ3v) is 3.16. The van der Waals surface area contributed by atoms with Crippen molar-refractivity contribution in [2.24, 2.45) is 0 Å². The maximum atomic E-state index is 11.8. The summed E-state index contributed by atoms with van der Waals surface area (Å²) in [4.78, 5) is 20.0. The number of hydrogen-bond acceptors (Lipinski definition) is 4. The molecule has 3 rings (SSSR count). The number of carbonyl (C=O) groups excluding carboxylic acids is 1. The van der Waals surface area contributed by atoms with E-state index in [0.29, 0.717) is 18.2 Å². The van der Waals surface area contributed by atoms with Gasteiger partial charge in [-0.2, -0.15) is 0 Å². The van der Waals surface area contributed by atoms with E-state index in [4.69, 9.17) is 0 Å². The molecule has 2 N–H and O–H groups in total. The summed E-state index contributed by atoms with van der Waals surface area (Å²) in [7, 11) is 0. The first-order valence-electron chi connectivity index (χ1n) is 6.71. The summed E-state index contributed by atoms with van der Waals surface area (Å²) in [6.45, 7) is 0.684. The number of nitrogens with one attached hydrogen (secondary N) is 2. The molecule has 1 aliphatic rings. The molecule has 2 aromatic heterocycles. The molecule has 0 bridgehead atoms. The first-order valence-corrected chi connectivity index (χ1v) is 6.71. The summed E-state index contributed by atoms with van der Waals surface area (Å²) in [6.07, 6.45) is 7.30. The number of anilines is 1. The van der Waals surface area contributed by atoms with Gasteiger partial charge >= 0.3 is 0 Å². The minimum Gasteiger partial charge on any atom is -0.366 e. The van der Waals surface area contributed by atoms with Gasteiger partial charge in [-0.1, -0.05) is 0 Å². The molecular weight excluding hydrogens is 252 g/mol. The van der Waals surface area contributed by atoms with Gasteiger partial charge in [0.05, 0.1) is 5.56 Å². The van der Waals surface area contributed by atoms with E-state index in [1.807, 2.05) is 18.2 Å².